The van der Waals surface area contributed by atoms with Crippen molar-refractivity contribution in [2.75, 3.05) is 26.3 Å². The lowest BCUT2D eigenvalue weighted by atomic mass is 9.80. The summed E-state index contributed by atoms with van der Waals surface area (Å²) in [7, 11) is 0. The molecule has 0 amide bonds. The molecule has 0 aromatic carbocycles. The Bertz CT molecular complexity index is 295. The maximum Gasteiger partial charge on any atom is 0.0906 e. The van der Waals surface area contributed by atoms with Gasteiger partial charge in [-0.15, -0.1) is 0 Å². The quantitative estimate of drug-likeness (QED) is 0.849. The molecule has 1 aliphatic heterocycles. The minimum Gasteiger partial charge on any atom is -0.311 e. The van der Waals surface area contributed by atoms with Gasteiger partial charge in [0.1, 0.15) is 0 Å². The largest absolute Gasteiger partial charge is 0.311 e. The van der Waals surface area contributed by atoms with Crippen molar-refractivity contribution in [2.45, 2.75) is 75.8 Å². The minimum absolute atomic E-state index is 0.159. The van der Waals surface area contributed by atoms with Gasteiger partial charge < -0.3 is 5.32 Å². The highest BCUT2D eigenvalue weighted by Crippen LogP contribution is 2.39. The number of halogens is 1. The van der Waals surface area contributed by atoms with Crippen LogP contribution in [0, 0.1) is 5.92 Å². The first-order valence-corrected chi connectivity index (χ1v) is 8.88. The second-order valence-corrected chi connectivity index (χ2v) is 7.31. The van der Waals surface area contributed by atoms with Crippen molar-refractivity contribution in [2.24, 2.45) is 5.92 Å². The van der Waals surface area contributed by atoms with Gasteiger partial charge in [-0.3, -0.25) is 9.29 Å². The summed E-state index contributed by atoms with van der Waals surface area (Å²) in [5.74, 6) is 0.871. The molecule has 1 heterocycles. The van der Waals surface area contributed by atoms with Gasteiger partial charge in [-0.05, 0) is 38.0 Å². The Morgan fingerprint density at radius 2 is 1.80 bits per heavy atom. The molecule has 0 aromatic heterocycles. The molecule has 2 aliphatic carbocycles. The van der Waals surface area contributed by atoms with Gasteiger partial charge in [0, 0.05) is 31.2 Å². The fourth-order valence-corrected chi connectivity index (χ4v) is 4.89. The number of rotatable bonds is 4. The predicted octanol–water partition coefficient (Wildman–Crippen LogP) is 3.51. The summed E-state index contributed by atoms with van der Waals surface area (Å²) in [6, 6.07) is 0.668. The summed E-state index contributed by atoms with van der Waals surface area (Å²) in [4.78, 5) is 2.68. The smallest absolute Gasteiger partial charge is 0.0906 e. The van der Waals surface area contributed by atoms with E-state index >= 15 is 0 Å². The molecule has 3 fully saturated rings. The molecular weight excluding hydrogens is 251 g/mol. The van der Waals surface area contributed by atoms with Gasteiger partial charge in [-0.1, -0.05) is 32.1 Å². The average Bonchev–Trinajstić information content (AvgIpc) is 2.97. The van der Waals surface area contributed by atoms with E-state index in [1.165, 1.54) is 64.3 Å². The zero-order valence-electron chi connectivity index (χ0n) is 12.9. The van der Waals surface area contributed by atoms with E-state index in [-0.39, 0.29) is 6.67 Å². The number of nitrogens with one attached hydrogen (secondary N) is 1. The molecule has 20 heavy (non-hydrogen) atoms. The Morgan fingerprint density at radius 3 is 2.50 bits per heavy atom. The van der Waals surface area contributed by atoms with Crippen LogP contribution in [0.25, 0.3) is 0 Å². The van der Waals surface area contributed by atoms with E-state index in [9.17, 15) is 4.39 Å². The summed E-state index contributed by atoms with van der Waals surface area (Å²) >= 11 is 0. The Hall–Kier alpha value is -0.150. The van der Waals surface area contributed by atoms with Crippen molar-refractivity contribution in [1.29, 1.82) is 0 Å². The van der Waals surface area contributed by atoms with Crippen LogP contribution in [0.4, 0.5) is 4.39 Å². The van der Waals surface area contributed by atoms with Gasteiger partial charge in [-0.25, -0.2) is 0 Å². The fraction of sp³-hybridized carbons (Fsp3) is 1.00. The first-order valence-electron chi connectivity index (χ1n) is 8.88. The molecule has 1 N–H and O–H groups in total. The fourth-order valence-electron chi connectivity index (χ4n) is 4.89. The van der Waals surface area contributed by atoms with Crippen LogP contribution in [0.1, 0.15) is 64.2 Å². The van der Waals surface area contributed by atoms with E-state index in [0.29, 0.717) is 11.6 Å². The second-order valence-electron chi connectivity index (χ2n) is 7.31. The highest BCUT2D eigenvalue weighted by atomic mass is 19.1. The standard InChI is InChI=1S/C17H31FN2/c18-11-6-12-20-13-16(15-7-2-1-3-8-15)19-14-17(20)9-4-5-10-17/h15-16,19H,1-14H2. The number of hydrogen-bond donors (Lipinski definition) is 1. The van der Waals surface area contributed by atoms with Crippen LogP contribution in [0.3, 0.4) is 0 Å². The maximum absolute atomic E-state index is 12.6. The molecule has 3 heteroatoms. The lowest BCUT2D eigenvalue weighted by molar-refractivity contribution is 0.0224. The van der Waals surface area contributed by atoms with Crippen molar-refractivity contribution in [3.05, 3.63) is 0 Å². The number of nitrogens with zero attached hydrogens (tertiary/aromatic N) is 1. The SMILES string of the molecule is FCCCN1CC(C2CCCCC2)NCC12CCCC2. The molecule has 1 saturated heterocycles. The van der Waals surface area contributed by atoms with Gasteiger partial charge in [-0.2, -0.15) is 0 Å². The van der Waals surface area contributed by atoms with E-state index in [1.807, 2.05) is 0 Å². The molecule has 0 aromatic rings. The zero-order chi connectivity index (χ0) is 13.8. The van der Waals surface area contributed by atoms with Crippen LogP contribution in [-0.4, -0.2) is 42.8 Å². The molecule has 3 aliphatic rings. The van der Waals surface area contributed by atoms with E-state index in [4.69, 9.17) is 0 Å². The molecular formula is C17H31FN2. The predicted molar refractivity (Wildman–Crippen MR) is 81.7 cm³/mol. The van der Waals surface area contributed by atoms with E-state index in [2.05, 4.69) is 10.2 Å². The van der Waals surface area contributed by atoms with Crippen LogP contribution in [0.5, 0.6) is 0 Å². The third kappa shape index (κ3) is 3.04. The number of hydrogen-bond acceptors (Lipinski definition) is 2. The average molecular weight is 282 g/mol. The van der Waals surface area contributed by atoms with Crippen molar-refractivity contribution >= 4 is 0 Å². The van der Waals surface area contributed by atoms with Crippen molar-refractivity contribution in [3.63, 3.8) is 0 Å². The minimum atomic E-state index is -0.159. The van der Waals surface area contributed by atoms with Crippen LogP contribution in [-0.2, 0) is 0 Å². The highest BCUT2D eigenvalue weighted by molar-refractivity contribution is 5.03. The summed E-state index contributed by atoms with van der Waals surface area (Å²) in [5.41, 5.74) is 0.375. The van der Waals surface area contributed by atoms with E-state index < -0.39 is 0 Å². The molecule has 3 rings (SSSR count). The van der Waals surface area contributed by atoms with Gasteiger partial charge in [0.25, 0.3) is 0 Å². The normalized spacial score (nSPS) is 31.9. The van der Waals surface area contributed by atoms with Crippen molar-refractivity contribution in [1.82, 2.24) is 10.2 Å². The molecule has 1 unspecified atom stereocenters. The van der Waals surface area contributed by atoms with Crippen LogP contribution in [0.15, 0.2) is 0 Å². The van der Waals surface area contributed by atoms with E-state index in [0.717, 1.165) is 25.4 Å². The number of alkyl halides is 1. The first-order chi connectivity index (χ1) is 9.84. The number of piperazine rings is 1. The lowest BCUT2D eigenvalue weighted by Gasteiger charge is -2.50. The Kier molecular flexibility index (Phi) is 4.98. The lowest BCUT2D eigenvalue weighted by Crippen LogP contribution is -2.65. The maximum atomic E-state index is 12.6. The molecule has 0 bridgehead atoms. The second kappa shape index (κ2) is 6.74. The Labute approximate surface area is 123 Å². The molecule has 2 nitrogen and oxygen atoms in total. The summed E-state index contributed by atoms with van der Waals surface area (Å²) in [5, 5.41) is 3.89. The topological polar surface area (TPSA) is 15.3 Å². The van der Waals surface area contributed by atoms with Crippen molar-refractivity contribution in [3.8, 4) is 0 Å². The van der Waals surface area contributed by atoms with Gasteiger partial charge in [0.2, 0.25) is 0 Å². The molecule has 116 valence electrons. The highest BCUT2D eigenvalue weighted by Gasteiger charge is 2.44. The van der Waals surface area contributed by atoms with E-state index in [1.54, 1.807) is 0 Å². The van der Waals surface area contributed by atoms with Crippen LogP contribution in [0.2, 0.25) is 0 Å². The first kappa shape index (κ1) is 14.8. The summed E-state index contributed by atoms with van der Waals surface area (Å²) < 4.78 is 12.6. The molecule has 0 radical (unpaired) electrons. The zero-order valence-corrected chi connectivity index (χ0v) is 12.9. The molecule has 1 spiro atoms. The third-order valence-corrected chi connectivity index (χ3v) is 6.10. The Morgan fingerprint density at radius 1 is 1.05 bits per heavy atom. The third-order valence-electron chi connectivity index (χ3n) is 6.10. The monoisotopic (exact) mass is 282 g/mol. The summed E-state index contributed by atoms with van der Waals surface area (Å²) in [6.07, 6.45) is 13.2. The van der Waals surface area contributed by atoms with Gasteiger partial charge >= 0.3 is 0 Å². The molecule has 2 saturated carbocycles. The van der Waals surface area contributed by atoms with Crippen LogP contribution >= 0.6 is 0 Å². The van der Waals surface area contributed by atoms with Crippen molar-refractivity contribution < 1.29 is 4.39 Å². The Balaban J connectivity index is 1.63. The van der Waals surface area contributed by atoms with Crippen LogP contribution < -0.4 is 5.32 Å². The summed E-state index contributed by atoms with van der Waals surface area (Å²) in [6.45, 7) is 3.14. The van der Waals surface area contributed by atoms with Gasteiger partial charge in [0.05, 0.1) is 6.67 Å². The van der Waals surface area contributed by atoms with Gasteiger partial charge in [0.15, 0.2) is 0 Å². The molecule has 1 atom stereocenters.